The van der Waals surface area contributed by atoms with Crippen LogP contribution in [0.2, 0.25) is 10.0 Å². The van der Waals surface area contributed by atoms with E-state index >= 15 is 0 Å². The van der Waals surface area contributed by atoms with Crippen molar-refractivity contribution in [3.05, 3.63) is 105 Å². The minimum Gasteiger partial charge on any atom is -0.395 e. The van der Waals surface area contributed by atoms with E-state index in [1.807, 2.05) is 0 Å². The molecule has 2 aromatic heterocycles. The van der Waals surface area contributed by atoms with Gasteiger partial charge in [-0.05, 0) is 80.6 Å². The first-order valence-electron chi connectivity index (χ1n) is 16.3. The van der Waals surface area contributed by atoms with Crippen molar-refractivity contribution in [1.29, 1.82) is 5.26 Å². The van der Waals surface area contributed by atoms with Crippen molar-refractivity contribution in [2.45, 2.75) is 55.6 Å². The Morgan fingerprint density at radius 1 is 0.961 bits per heavy atom. The Labute approximate surface area is 302 Å². The van der Waals surface area contributed by atoms with Crippen molar-refractivity contribution in [2.75, 3.05) is 18.1 Å². The number of anilines is 2. The van der Waals surface area contributed by atoms with E-state index in [4.69, 9.17) is 28.3 Å². The van der Waals surface area contributed by atoms with Gasteiger partial charge in [0.05, 0.1) is 41.4 Å². The second kappa shape index (κ2) is 12.8. The van der Waals surface area contributed by atoms with Crippen LogP contribution in [0.3, 0.4) is 0 Å². The van der Waals surface area contributed by atoms with Crippen molar-refractivity contribution < 1.29 is 24.3 Å². The molecule has 2 saturated carbocycles. The number of carbonyl (C=O) groups is 4. The molecule has 51 heavy (non-hydrogen) atoms. The molecule has 1 aliphatic heterocycles. The van der Waals surface area contributed by atoms with Gasteiger partial charge >= 0.3 is 0 Å². The summed E-state index contributed by atoms with van der Waals surface area (Å²) in [4.78, 5) is 65.2. The number of hydrogen-bond donors (Lipinski definition) is 4. The number of hydrogen-bond acceptors (Lipinski definition) is 8. The number of rotatable bonds is 11. The van der Waals surface area contributed by atoms with E-state index in [9.17, 15) is 24.4 Å². The van der Waals surface area contributed by atoms with Gasteiger partial charge in [-0.3, -0.25) is 28.7 Å². The highest BCUT2D eigenvalue weighted by atomic mass is 35.5. The summed E-state index contributed by atoms with van der Waals surface area (Å²) in [6, 6.07) is 16.8. The lowest BCUT2D eigenvalue weighted by Gasteiger charge is -2.27. The molecule has 4 amide bonds. The van der Waals surface area contributed by atoms with Crippen LogP contribution in [0.25, 0.3) is 0 Å². The largest absolute Gasteiger partial charge is 0.395 e. The Hall–Kier alpha value is -5.29. The number of pyridine rings is 1. The van der Waals surface area contributed by atoms with Gasteiger partial charge in [0.1, 0.15) is 16.8 Å². The highest BCUT2D eigenvalue weighted by Crippen LogP contribution is 2.48. The highest BCUT2D eigenvalue weighted by Gasteiger charge is 2.57. The van der Waals surface area contributed by atoms with Crippen molar-refractivity contribution in [3.63, 3.8) is 0 Å². The molecule has 260 valence electrons. The topological polar surface area (TPSA) is 182 Å². The average molecular weight is 728 g/mol. The zero-order valence-corrected chi connectivity index (χ0v) is 28.9. The summed E-state index contributed by atoms with van der Waals surface area (Å²) in [6.45, 7) is 1.63. The maximum atomic E-state index is 14.4. The molecule has 3 heterocycles. The lowest BCUT2D eigenvalue weighted by atomic mass is 9.91. The third kappa shape index (κ3) is 6.20. The normalized spacial score (nSPS) is 19.1. The van der Waals surface area contributed by atoms with Crippen LogP contribution in [0, 0.1) is 11.3 Å². The van der Waals surface area contributed by atoms with Crippen LogP contribution in [0.4, 0.5) is 11.6 Å². The number of benzene rings is 2. The SMILES string of the molecule is C[C@@]1(Cc2ccc(C#N)cc2)C(=O)N(c2cc(Cl)cc(Cl)c2)c2ncc(C(=O)NC3(C(=O)NC4(c5cc(C(=O)NCCO)ccn5)CC4)CC3)n21. The van der Waals surface area contributed by atoms with Gasteiger partial charge in [0.25, 0.3) is 17.7 Å². The number of nitrogens with zero attached hydrogens (tertiary/aromatic N) is 5. The second-order valence-electron chi connectivity index (χ2n) is 13.3. The van der Waals surface area contributed by atoms with Gasteiger partial charge in [0.15, 0.2) is 0 Å². The van der Waals surface area contributed by atoms with E-state index < -0.39 is 22.5 Å². The van der Waals surface area contributed by atoms with Gasteiger partial charge in [0, 0.05) is 34.8 Å². The molecule has 0 spiro atoms. The fourth-order valence-electron chi connectivity index (χ4n) is 6.55. The van der Waals surface area contributed by atoms with Crippen LogP contribution in [0.15, 0.2) is 67.0 Å². The molecule has 2 aromatic carbocycles. The third-order valence-electron chi connectivity index (χ3n) is 9.62. The number of aromatic nitrogens is 3. The Morgan fingerprint density at radius 3 is 2.29 bits per heavy atom. The van der Waals surface area contributed by atoms with Crippen LogP contribution in [-0.2, 0) is 27.1 Å². The van der Waals surface area contributed by atoms with Gasteiger partial charge < -0.3 is 21.1 Å². The molecule has 2 fully saturated rings. The Bertz CT molecular complexity index is 2120. The van der Waals surface area contributed by atoms with Gasteiger partial charge in [-0.2, -0.15) is 5.26 Å². The lowest BCUT2D eigenvalue weighted by Crippen LogP contribution is -2.52. The number of aliphatic hydroxyl groups excluding tert-OH is 1. The summed E-state index contributed by atoms with van der Waals surface area (Å²) in [5.41, 5.74) is -0.783. The molecule has 7 rings (SSSR count). The second-order valence-corrected chi connectivity index (χ2v) is 14.2. The van der Waals surface area contributed by atoms with Crippen molar-refractivity contribution in [2.24, 2.45) is 0 Å². The summed E-state index contributed by atoms with van der Waals surface area (Å²) in [5, 5.41) is 27.6. The molecular weight excluding hydrogens is 695 g/mol. The summed E-state index contributed by atoms with van der Waals surface area (Å²) >= 11 is 12.6. The first-order chi connectivity index (χ1) is 24.4. The maximum absolute atomic E-state index is 14.4. The molecule has 13 nitrogen and oxygen atoms in total. The highest BCUT2D eigenvalue weighted by molar-refractivity contribution is 6.35. The van der Waals surface area contributed by atoms with Gasteiger partial charge in [-0.15, -0.1) is 0 Å². The molecule has 0 saturated heterocycles. The maximum Gasteiger partial charge on any atom is 0.270 e. The number of nitrogens with one attached hydrogen (secondary N) is 3. The van der Waals surface area contributed by atoms with Crippen LogP contribution in [-0.4, -0.2) is 62.0 Å². The Balaban J connectivity index is 1.17. The summed E-state index contributed by atoms with van der Waals surface area (Å²) < 4.78 is 1.57. The number of aliphatic hydroxyl groups is 1. The molecule has 15 heteroatoms. The van der Waals surface area contributed by atoms with Crippen LogP contribution < -0.4 is 20.9 Å². The molecule has 3 aliphatic rings. The number of imidazole rings is 1. The molecule has 0 radical (unpaired) electrons. The fraction of sp³-hybridized carbons (Fsp3) is 0.306. The number of amides is 4. The first kappa shape index (κ1) is 34.2. The van der Waals surface area contributed by atoms with Crippen LogP contribution in [0.1, 0.15) is 70.3 Å². The van der Waals surface area contributed by atoms with E-state index in [2.05, 4.69) is 32.0 Å². The van der Waals surface area contributed by atoms with Gasteiger partial charge in [0.2, 0.25) is 11.9 Å². The predicted octanol–water partition coefficient (Wildman–Crippen LogP) is 3.88. The molecule has 0 unspecified atom stereocenters. The minimum absolute atomic E-state index is 0.0774. The molecule has 4 aromatic rings. The monoisotopic (exact) mass is 726 g/mol. The summed E-state index contributed by atoms with van der Waals surface area (Å²) in [7, 11) is 0. The Morgan fingerprint density at radius 2 is 1.67 bits per heavy atom. The van der Waals surface area contributed by atoms with E-state index in [0.29, 0.717) is 58.2 Å². The van der Waals surface area contributed by atoms with E-state index in [1.165, 1.54) is 17.3 Å². The van der Waals surface area contributed by atoms with E-state index in [1.54, 1.807) is 66.1 Å². The van der Waals surface area contributed by atoms with Crippen molar-refractivity contribution in [3.8, 4) is 6.07 Å². The lowest BCUT2D eigenvalue weighted by molar-refractivity contribution is -0.125. The molecule has 1 atom stereocenters. The first-order valence-corrected chi connectivity index (χ1v) is 17.1. The average Bonchev–Trinajstić information content (AvgIpc) is 4.02. The summed E-state index contributed by atoms with van der Waals surface area (Å²) in [5.74, 6) is -1.53. The smallest absolute Gasteiger partial charge is 0.270 e. The molecular formula is C36H32Cl2N8O5. The fourth-order valence-corrected chi connectivity index (χ4v) is 7.07. The van der Waals surface area contributed by atoms with Crippen molar-refractivity contribution >= 4 is 58.5 Å². The summed E-state index contributed by atoms with van der Waals surface area (Å²) in [6.07, 6.45) is 5.03. The van der Waals surface area contributed by atoms with Gasteiger partial charge in [-0.25, -0.2) is 9.88 Å². The number of nitriles is 1. The Kier molecular flexibility index (Phi) is 8.57. The van der Waals surface area contributed by atoms with E-state index in [0.717, 1.165) is 5.56 Å². The quantitative estimate of drug-likeness (QED) is 0.180. The number of halogens is 2. The minimum atomic E-state index is -1.35. The number of carbonyl (C=O) groups excluding carboxylic acids is 4. The van der Waals surface area contributed by atoms with Crippen LogP contribution in [0.5, 0.6) is 0 Å². The zero-order valence-electron chi connectivity index (χ0n) is 27.4. The van der Waals surface area contributed by atoms with E-state index in [-0.39, 0.29) is 48.9 Å². The van der Waals surface area contributed by atoms with Crippen LogP contribution >= 0.6 is 23.2 Å². The van der Waals surface area contributed by atoms with Gasteiger partial charge in [-0.1, -0.05) is 35.3 Å². The third-order valence-corrected chi connectivity index (χ3v) is 10.1. The molecule has 4 N–H and O–H groups in total. The predicted molar refractivity (Wildman–Crippen MR) is 186 cm³/mol. The number of fused-ring (bicyclic) bond motifs is 1. The zero-order chi connectivity index (χ0) is 36.1. The standard InChI is InChI=1S/C36H32Cl2N8O5/c1-34(18-21-2-4-22(19-39)5-3-21)32(51)45(26-16-24(37)15-25(38)17-26)33-42-20-27(46(33)34)30(49)43-36(9-10-36)31(50)44-35(7-8-35)28-14-23(6-11-40-28)29(48)41-12-13-47/h2-6,11,14-17,20,47H,7-10,12-13,18H2,1H3,(H,41,48)(H,43,49)(H,44,50)/t34-/m1/s1. The molecule has 0 bridgehead atoms. The van der Waals surface area contributed by atoms with Crippen molar-refractivity contribution in [1.82, 2.24) is 30.5 Å². The molecule has 2 aliphatic carbocycles.